The van der Waals surface area contributed by atoms with Crippen molar-refractivity contribution in [3.05, 3.63) is 11.9 Å². The highest BCUT2D eigenvalue weighted by atomic mass is 16.5. The molecule has 2 rings (SSSR count). The van der Waals surface area contributed by atoms with E-state index in [9.17, 15) is 0 Å². The quantitative estimate of drug-likeness (QED) is 0.848. The number of nitrogens with one attached hydrogen (secondary N) is 1. The molecule has 0 bridgehead atoms. The van der Waals surface area contributed by atoms with Crippen molar-refractivity contribution < 1.29 is 4.74 Å². The number of aromatic nitrogens is 2. The Kier molecular flexibility index (Phi) is 3.78. The number of hydrogen-bond acceptors (Lipinski definition) is 5. The summed E-state index contributed by atoms with van der Waals surface area (Å²) in [5.74, 6) is 1.70. The summed E-state index contributed by atoms with van der Waals surface area (Å²) < 4.78 is 5.51. The maximum Gasteiger partial charge on any atom is 0.221 e. The number of nitrogens with zero attached hydrogens (tertiary/aromatic N) is 3. The van der Waals surface area contributed by atoms with Crippen molar-refractivity contribution in [2.45, 2.75) is 26.8 Å². The van der Waals surface area contributed by atoms with E-state index in [1.165, 1.54) is 0 Å². The molecule has 0 radical (unpaired) electrons. The van der Waals surface area contributed by atoms with Crippen molar-refractivity contribution in [1.29, 1.82) is 0 Å². The fourth-order valence-corrected chi connectivity index (χ4v) is 2.15. The predicted molar refractivity (Wildman–Crippen MR) is 67.6 cm³/mol. The second-order valence-corrected chi connectivity index (χ2v) is 4.31. The normalized spacial score (nSPS) is 20.4. The van der Waals surface area contributed by atoms with Crippen LogP contribution in [0.5, 0.6) is 5.88 Å². The third-order valence-electron chi connectivity index (χ3n) is 3.07. The molecule has 1 saturated heterocycles. The van der Waals surface area contributed by atoms with Crippen molar-refractivity contribution in [2.24, 2.45) is 0 Å². The average Bonchev–Trinajstić information content (AvgIpc) is 2.33. The van der Waals surface area contributed by atoms with Crippen LogP contribution in [-0.4, -0.2) is 42.3 Å². The Hall–Kier alpha value is -1.36. The van der Waals surface area contributed by atoms with Crippen molar-refractivity contribution in [1.82, 2.24) is 15.3 Å². The maximum absolute atomic E-state index is 5.51. The fourth-order valence-electron chi connectivity index (χ4n) is 2.15. The monoisotopic (exact) mass is 236 g/mol. The number of piperazine rings is 1. The minimum Gasteiger partial charge on any atom is -0.478 e. The highest BCUT2D eigenvalue weighted by Crippen LogP contribution is 2.25. The van der Waals surface area contributed by atoms with Gasteiger partial charge in [0, 0.05) is 25.7 Å². The lowest BCUT2D eigenvalue weighted by Crippen LogP contribution is -2.50. The molecular weight excluding hydrogens is 216 g/mol. The molecule has 17 heavy (non-hydrogen) atoms. The lowest BCUT2D eigenvalue weighted by molar-refractivity contribution is 0.323. The van der Waals surface area contributed by atoms with Crippen LogP contribution in [0.3, 0.4) is 0 Å². The minimum absolute atomic E-state index is 0.451. The van der Waals surface area contributed by atoms with Crippen LogP contribution >= 0.6 is 0 Å². The van der Waals surface area contributed by atoms with Crippen LogP contribution in [0.15, 0.2) is 6.33 Å². The average molecular weight is 236 g/mol. The Morgan fingerprint density at radius 1 is 1.53 bits per heavy atom. The van der Waals surface area contributed by atoms with Crippen LogP contribution in [0.2, 0.25) is 0 Å². The number of hydrogen-bond donors (Lipinski definition) is 1. The molecule has 5 heteroatoms. The van der Waals surface area contributed by atoms with Gasteiger partial charge in [-0.3, -0.25) is 0 Å². The zero-order valence-electron chi connectivity index (χ0n) is 10.7. The Morgan fingerprint density at radius 3 is 3.06 bits per heavy atom. The summed E-state index contributed by atoms with van der Waals surface area (Å²) in [7, 11) is 0. The molecule has 1 fully saturated rings. The second-order valence-electron chi connectivity index (χ2n) is 4.31. The predicted octanol–water partition coefficient (Wildman–Crippen LogP) is 0.982. The largest absolute Gasteiger partial charge is 0.478 e. The van der Waals surface area contributed by atoms with Gasteiger partial charge in [0.2, 0.25) is 5.88 Å². The Balaban J connectivity index is 2.27. The van der Waals surface area contributed by atoms with Crippen LogP contribution in [0.25, 0.3) is 0 Å². The van der Waals surface area contributed by atoms with Gasteiger partial charge < -0.3 is 15.0 Å². The van der Waals surface area contributed by atoms with E-state index >= 15 is 0 Å². The van der Waals surface area contributed by atoms with Gasteiger partial charge in [-0.2, -0.15) is 0 Å². The SMILES string of the molecule is CCOc1ncnc(N2CCNCC2C)c1C. The van der Waals surface area contributed by atoms with Crippen LogP contribution < -0.4 is 15.0 Å². The Labute approximate surface area is 102 Å². The molecule has 2 heterocycles. The van der Waals surface area contributed by atoms with Gasteiger partial charge in [-0.05, 0) is 20.8 Å². The summed E-state index contributed by atoms with van der Waals surface area (Å²) in [4.78, 5) is 10.9. The minimum atomic E-state index is 0.451. The molecule has 5 nitrogen and oxygen atoms in total. The second kappa shape index (κ2) is 5.31. The first-order valence-corrected chi connectivity index (χ1v) is 6.15. The molecular formula is C12H20N4O. The van der Waals surface area contributed by atoms with Gasteiger partial charge >= 0.3 is 0 Å². The van der Waals surface area contributed by atoms with Crippen LogP contribution in [-0.2, 0) is 0 Å². The lowest BCUT2D eigenvalue weighted by Gasteiger charge is -2.35. The topological polar surface area (TPSA) is 50.3 Å². The molecule has 1 aliphatic rings. The summed E-state index contributed by atoms with van der Waals surface area (Å²) in [5.41, 5.74) is 1.03. The summed E-state index contributed by atoms with van der Waals surface area (Å²) in [6.45, 7) is 9.79. The first kappa shape index (κ1) is 12.1. The van der Waals surface area contributed by atoms with E-state index in [2.05, 4.69) is 27.1 Å². The third-order valence-corrected chi connectivity index (χ3v) is 3.07. The molecule has 1 aliphatic heterocycles. The molecule has 0 aromatic carbocycles. The van der Waals surface area contributed by atoms with E-state index in [1.807, 2.05) is 13.8 Å². The van der Waals surface area contributed by atoms with Crippen molar-refractivity contribution in [3.8, 4) is 5.88 Å². The molecule has 0 saturated carbocycles. The highest BCUT2D eigenvalue weighted by Gasteiger charge is 2.22. The molecule has 1 aromatic heterocycles. The smallest absolute Gasteiger partial charge is 0.221 e. The number of ether oxygens (including phenoxy) is 1. The van der Waals surface area contributed by atoms with Crippen LogP contribution in [0, 0.1) is 6.92 Å². The molecule has 1 N–H and O–H groups in total. The fraction of sp³-hybridized carbons (Fsp3) is 0.667. The van der Waals surface area contributed by atoms with Crippen LogP contribution in [0.4, 0.5) is 5.82 Å². The van der Waals surface area contributed by atoms with Gasteiger partial charge in [0.15, 0.2) is 0 Å². The first-order valence-electron chi connectivity index (χ1n) is 6.15. The molecule has 1 atom stereocenters. The summed E-state index contributed by atoms with van der Waals surface area (Å²) >= 11 is 0. The van der Waals surface area contributed by atoms with Crippen molar-refractivity contribution in [3.63, 3.8) is 0 Å². The zero-order chi connectivity index (χ0) is 12.3. The van der Waals surface area contributed by atoms with E-state index in [0.717, 1.165) is 31.0 Å². The number of rotatable bonds is 3. The summed E-state index contributed by atoms with van der Waals surface area (Å²) in [6.07, 6.45) is 1.59. The van der Waals surface area contributed by atoms with E-state index in [4.69, 9.17) is 4.74 Å². The molecule has 1 aromatic rings. The zero-order valence-corrected chi connectivity index (χ0v) is 10.7. The lowest BCUT2D eigenvalue weighted by atomic mass is 10.2. The molecule has 94 valence electrons. The van der Waals surface area contributed by atoms with Gasteiger partial charge in [0.1, 0.15) is 12.1 Å². The van der Waals surface area contributed by atoms with E-state index in [1.54, 1.807) is 6.33 Å². The van der Waals surface area contributed by atoms with Gasteiger partial charge in [-0.15, -0.1) is 0 Å². The van der Waals surface area contributed by atoms with E-state index < -0.39 is 0 Å². The van der Waals surface area contributed by atoms with Gasteiger partial charge in [-0.1, -0.05) is 0 Å². The molecule has 1 unspecified atom stereocenters. The van der Waals surface area contributed by atoms with E-state index in [0.29, 0.717) is 18.5 Å². The van der Waals surface area contributed by atoms with Gasteiger partial charge in [0.25, 0.3) is 0 Å². The first-order chi connectivity index (χ1) is 8.24. The van der Waals surface area contributed by atoms with Crippen molar-refractivity contribution >= 4 is 5.82 Å². The van der Waals surface area contributed by atoms with Crippen molar-refractivity contribution in [2.75, 3.05) is 31.1 Å². The Bertz CT molecular complexity index is 383. The number of anilines is 1. The third kappa shape index (κ3) is 2.49. The summed E-state index contributed by atoms with van der Waals surface area (Å²) in [6, 6.07) is 0.451. The van der Waals surface area contributed by atoms with Gasteiger partial charge in [0.05, 0.1) is 12.2 Å². The molecule has 0 aliphatic carbocycles. The Morgan fingerprint density at radius 2 is 2.35 bits per heavy atom. The maximum atomic E-state index is 5.51. The molecule has 0 spiro atoms. The standard InChI is InChI=1S/C12H20N4O/c1-4-17-12-10(3)11(14-8-15-12)16-6-5-13-7-9(16)2/h8-9,13H,4-7H2,1-3H3. The summed E-state index contributed by atoms with van der Waals surface area (Å²) in [5, 5.41) is 3.38. The highest BCUT2D eigenvalue weighted by molar-refractivity contribution is 5.51. The van der Waals surface area contributed by atoms with Gasteiger partial charge in [-0.25, -0.2) is 9.97 Å². The molecule has 0 amide bonds. The van der Waals surface area contributed by atoms with E-state index in [-0.39, 0.29) is 0 Å². The van der Waals surface area contributed by atoms with Crippen LogP contribution in [0.1, 0.15) is 19.4 Å².